The van der Waals surface area contributed by atoms with Crippen molar-refractivity contribution in [2.45, 2.75) is 0 Å². The van der Waals surface area contributed by atoms with E-state index in [0.29, 0.717) is 41.5 Å². The first kappa shape index (κ1) is 27.8. The van der Waals surface area contributed by atoms with Crippen LogP contribution in [0.15, 0.2) is 72.9 Å². The van der Waals surface area contributed by atoms with Crippen LogP contribution in [0.5, 0.6) is 0 Å². The number of piperazine rings is 1. The van der Waals surface area contributed by atoms with Crippen molar-refractivity contribution in [3.63, 3.8) is 0 Å². The van der Waals surface area contributed by atoms with E-state index in [4.69, 9.17) is 0 Å². The molecule has 4 N–H and O–H groups in total. The lowest BCUT2D eigenvalue weighted by atomic mass is 10.1. The van der Waals surface area contributed by atoms with Gasteiger partial charge in [-0.25, -0.2) is 9.59 Å². The molecule has 1 aliphatic rings. The van der Waals surface area contributed by atoms with Crippen LogP contribution < -0.4 is 10.6 Å². The summed E-state index contributed by atoms with van der Waals surface area (Å²) in [5.74, 6) is -2.80. The number of fused-ring (bicyclic) bond motifs is 1. The summed E-state index contributed by atoms with van der Waals surface area (Å²) in [7, 11) is 0. The second kappa shape index (κ2) is 11.8. The Morgan fingerprint density at radius 3 is 2.21 bits per heavy atom. The van der Waals surface area contributed by atoms with E-state index in [-0.39, 0.29) is 41.4 Å². The van der Waals surface area contributed by atoms with E-state index in [0.717, 1.165) is 0 Å². The molecular weight excluding hydrogens is 542 g/mol. The number of anilines is 2. The van der Waals surface area contributed by atoms with E-state index in [1.165, 1.54) is 29.3 Å². The predicted octanol–water partition coefficient (Wildman–Crippen LogP) is 3.49. The quantitative estimate of drug-likeness (QED) is 0.151. The molecule has 3 aromatic carbocycles. The molecule has 0 bridgehead atoms. The number of aromatic amines is 1. The maximum absolute atomic E-state index is 13.2. The number of ketones is 1. The zero-order valence-electron chi connectivity index (χ0n) is 22.1. The first-order chi connectivity index (χ1) is 20.2. The maximum Gasteiger partial charge on any atom is 0.335 e. The molecule has 1 saturated heterocycles. The van der Waals surface area contributed by atoms with Gasteiger partial charge < -0.3 is 30.5 Å². The molecular formula is C30H25N5O7. The molecule has 12 nitrogen and oxygen atoms in total. The summed E-state index contributed by atoms with van der Waals surface area (Å²) in [5, 5.41) is 14.8. The van der Waals surface area contributed by atoms with Crippen molar-refractivity contribution in [1.29, 1.82) is 0 Å². The number of Topliss-reactive ketones (excluding diaryl/α,β-unsaturated/α-hetero) is 1. The fourth-order valence-corrected chi connectivity index (χ4v) is 4.78. The summed E-state index contributed by atoms with van der Waals surface area (Å²) >= 11 is 0. The monoisotopic (exact) mass is 567 g/mol. The van der Waals surface area contributed by atoms with Crippen LogP contribution in [-0.2, 0) is 4.79 Å². The van der Waals surface area contributed by atoms with E-state index in [9.17, 15) is 33.9 Å². The molecule has 5 rings (SSSR count). The third kappa shape index (κ3) is 5.72. The topological polar surface area (TPSA) is 169 Å². The highest BCUT2D eigenvalue weighted by atomic mass is 16.4. The van der Waals surface area contributed by atoms with Gasteiger partial charge in [0, 0.05) is 54.6 Å². The van der Waals surface area contributed by atoms with E-state index in [1.807, 2.05) is 6.07 Å². The molecule has 4 aromatic rings. The largest absolute Gasteiger partial charge is 0.478 e. The third-order valence-corrected chi connectivity index (χ3v) is 6.87. The third-order valence-electron chi connectivity index (χ3n) is 6.87. The van der Waals surface area contributed by atoms with Gasteiger partial charge in [0.15, 0.2) is 0 Å². The molecule has 0 saturated carbocycles. The Morgan fingerprint density at radius 1 is 0.810 bits per heavy atom. The van der Waals surface area contributed by atoms with Crippen LogP contribution >= 0.6 is 0 Å². The first-order valence-corrected chi connectivity index (χ1v) is 12.9. The van der Waals surface area contributed by atoms with Crippen molar-refractivity contribution >= 4 is 58.2 Å². The van der Waals surface area contributed by atoms with Crippen molar-refractivity contribution < 1.29 is 33.9 Å². The molecule has 0 aliphatic carbocycles. The molecule has 212 valence electrons. The number of carboxylic acid groups (broad SMARTS) is 1. The molecule has 0 atom stereocenters. The number of carbonyl (C=O) groups is 6. The molecule has 12 heteroatoms. The zero-order chi connectivity index (χ0) is 29.8. The summed E-state index contributed by atoms with van der Waals surface area (Å²) in [4.78, 5) is 80.2. The zero-order valence-corrected chi connectivity index (χ0v) is 22.1. The minimum atomic E-state index is -1.26. The lowest BCUT2D eigenvalue weighted by Crippen LogP contribution is -2.52. The fraction of sp³-hybridized carbons (Fsp3) is 0.133. The lowest BCUT2D eigenvalue weighted by Gasteiger charge is -2.34. The van der Waals surface area contributed by atoms with Crippen LogP contribution in [0.1, 0.15) is 41.4 Å². The molecule has 1 aliphatic heterocycles. The van der Waals surface area contributed by atoms with Crippen molar-refractivity contribution in [3.8, 4) is 0 Å². The normalized spacial score (nSPS) is 13.0. The number of carbonyl (C=O) groups excluding carboxylic acids is 5. The summed E-state index contributed by atoms with van der Waals surface area (Å²) in [6.07, 6.45) is 1.87. The smallest absolute Gasteiger partial charge is 0.335 e. The highest BCUT2D eigenvalue weighted by Crippen LogP contribution is 2.27. The number of hydrogen-bond donors (Lipinski definition) is 4. The number of aldehydes is 1. The van der Waals surface area contributed by atoms with Gasteiger partial charge in [0.1, 0.15) is 6.29 Å². The lowest BCUT2D eigenvalue weighted by molar-refractivity contribution is -0.127. The van der Waals surface area contributed by atoms with E-state index >= 15 is 0 Å². The van der Waals surface area contributed by atoms with Crippen LogP contribution in [0, 0.1) is 0 Å². The minimum absolute atomic E-state index is 0.0775. The number of rotatable bonds is 7. The van der Waals surface area contributed by atoms with Crippen molar-refractivity contribution in [2.24, 2.45) is 0 Å². The number of para-hydroxylation sites is 1. The summed E-state index contributed by atoms with van der Waals surface area (Å²) in [6, 6.07) is 16.7. The number of aromatic carboxylic acids is 1. The number of amides is 4. The van der Waals surface area contributed by atoms with E-state index < -0.39 is 23.7 Å². The average Bonchev–Trinajstić information content (AvgIpc) is 3.45. The molecule has 0 unspecified atom stereocenters. The summed E-state index contributed by atoms with van der Waals surface area (Å²) in [6.45, 7) is 1.03. The number of urea groups is 1. The van der Waals surface area contributed by atoms with Crippen LogP contribution in [0.4, 0.5) is 16.2 Å². The Hall–Kier alpha value is -5.78. The van der Waals surface area contributed by atoms with Gasteiger partial charge in [-0.1, -0.05) is 30.3 Å². The number of nitrogens with zero attached hydrogens (tertiary/aromatic N) is 2. The number of H-pyrrole nitrogens is 1. The molecule has 2 heterocycles. The van der Waals surface area contributed by atoms with Gasteiger partial charge in [0.25, 0.3) is 17.6 Å². The maximum atomic E-state index is 13.2. The Bertz CT molecular complexity index is 1720. The predicted molar refractivity (Wildman–Crippen MR) is 153 cm³/mol. The molecule has 0 spiro atoms. The van der Waals surface area contributed by atoms with Gasteiger partial charge in [0.05, 0.1) is 22.3 Å². The second-order valence-electron chi connectivity index (χ2n) is 9.56. The Balaban J connectivity index is 1.26. The second-order valence-corrected chi connectivity index (χ2v) is 9.56. The van der Waals surface area contributed by atoms with Crippen molar-refractivity contribution in [1.82, 2.24) is 14.8 Å². The number of carboxylic acids is 1. The van der Waals surface area contributed by atoms with Crippen LogP contribution in [0.2, 0.25) is 0 Å². The Labute approximate surface area is 238 Å². The highest BCUT2D eigenvalue weighted by molar-refractivity contribution is 6.45. The van der Waals surface area contributed by atoms with Gasteiger partial charge in [0.2, 0.25) is 0 Å². The molecule has 42 heavy (non-hydrogen) atoms. The highest BCUT2D eigenvalue weighted by Gasteiger charge is 2.30. The average molecular weight is 568 g/mol. The fourth-order valence-electron chi connectivity index (χ4n) is 4.78. The van der Waals surface area contributed by atoms with Gasteiger partial charge in [-0.05, 0) is 36.4 Å². The molecule has 1 fully saturated rings. The van der Waals surface area contributed by atoms with Gasteiger partial charge in [-0.2, -0.15) is 0 Å². The number of benzene rings is 3. The number of nitrogens with one attached hydrogen (secondary N) is 3. The van der Waals surface area contributed by atoms with E-state index in [2.05, 4.69) is 15.6 Å². The minimum Gasteiger partial charge on any atom is -0.478 e. The number of hydrogen-bond acceptors (Lipinski definition) is 6. The van der Waals surface area contributed by atoms with Gasteiger partial charge in [-0.3, -0.25) is 19.2 Å². The Kier molecular flexibility index (Phi) is 7.78. The molecule has 0 radical (unpaired) electrons. The summed E-state index contributed by atoms with van der Waals surface area (Å²) < 4.78 is 0. The Morgan fingerprint density at radius 2 is 1.52 bits per heavy atom. The van der Waals surface area contributed by atoms with Crippen molar-refractivity contribution in [3.05, 3.63) is 95.2 Å². The van der Waals surface area contributed by atoms with E-state index in [1.54, 1.807) is 47.4 Å². The van der Waals surface area contributed by atoms with Crippen molar-refractivity contribution in [2.75, 3.05) is 36.8 Å². The SMILES string of the molecule is O=Cc1cc(NC(=O)Nc2cccc3c(C(=O)C(=O)N4CCN(C(=O)c5ccccc5)CC4)c[nH]c23)cc(C(=O)O)c1. The number of aromatic nitrogens is 1. The van der Waals surface area contributed by atoms with Gasteiger partial charge in [-0.15, -0.1) is 0 Å². The summed E-state index contributed by atoms with van der Waals surface area (Å²) in [5.41, 5.74) is 1.40. The first-order valence-electron chi connectivity index (χ1n) is 12.9. The van der Waals surface area contributed by atoms with Crippen LogP contribution in [0.25, 0.3) is 10.9 Å². The standard InChI is InChI=1S/C30H25N5O7/c36-17-18-13-20(29(40)41)15-21(14-18)32-30(42)33-24-8-4-7-22-23(16-31-25(22)24)26(37)28(39)35-11-9-34(10-12-35)27(38)19-5-2-1-3-6-19/h1-8,13-17,31H,9-12H2,(H,40,41)(H2,32,33,42). The molecule has 4 amide bonds. The van der Waals surface area contributed by atoms with Crippen LogP contribution in [0.3, 0.4) is 0 Å². The molecule has 1 aromatic heterocycles. The van der Waals surface area contributed by atoms with Gasteiger partial charge >= 0.3 is 12.0 Å². The van der Waals surface area contributed by atoms with Crippen LogP contribution in [-0.4, -0.2) is 82.0 Å².